The van der Waals surface area contributed by atoms with Crippen LogP contribution in [0.4, 0.5) is 14.6 Å². The van der Waals surface area contributed by atoms with Gasteiger partial charge in [0, 0.05) is 37.9 Å². The molecule has 0 aliphatic carbocycles. The smallest absolute Gasteiger partial charge is 0.387 e. The van der Waals surface area contributed by atoms with E-state index in [0.29, 0.717) is 13.1 Å². The van der Waals surface area contributed by atoms with Gasteiger partial charge in [-0.3, -0.25) is 0 Å². The van der Waals surface area contributed by atoms with Crippen molar-refractivity contribution < 1.29 is 13.5 Å². The number of anilines is 1. The summed E-state index contributed by atoms with van der Waals surface area (Å²) in [7, 11) is 0. The van der Waals surface area contributed by atoms with Crippen LogP contribution in [0.1, 0.15) is 30.9 Å². The number of fused-ring (bicyclic) bond motifs is 1. The highest BCUT2D eigenvalue weighted by Crippen LogP contribution is 2.29. The lowest BCUT2D eigenvalue weighted by molar-refractivity contribution is -0.0503. The van der Waals surface area contributed by atoms with Gasteiger partial charge in [-0.1, -0.05) is 43.3 Å². The quantitative estimate of drug-likeness (QED) is 0.568. The van der Waals surface area contributed by atoms with Crippen LogP contribution >= 0.6 is 0 Å². The second-order valence-corrected chi connectivity index (χ2v) is 7.94. The van der Waals surface area contributed by atoms with Crippen molar-refractivity contribution in [1.29, 1.82) is 0 Å². The third-order valence-electron chi connectivity index (χ3n) is 5.76. The predicted molar refractivity (Wildman–Crippen MR) is 116 cm³/mol. The number of hydrogen-bond donors (Lipinski definition) is 1. The van der Waals surface area contributed by atoms with Crippen LogP contribution in [-0.2, 0) is 13.1 Å². The molecule has 1 aliphatic heterocycles. The van der Waals surface area contributed by atoms with Crippen LogP contribution in [0.15, 0.2) is 54.7 Å². The maximum Gasteiger partial charge on any atom is 0.387 e. The number of alkyl halides is 2. The number of ether oxygens (including phenoxy) is 1. The Hall–Kier alpha value is -2.73. The van der Waals surface area contributed by atoms with E-state index in [1.165, 1.54) is 12.8 Å². The van der Waals surface area contributed by atoms with Crippen LogP contribution in [0.3, 0.4) is 0 Å². The van der Waals surface area contributed by atoms with Gasteiger partial charge in [-0.15, -0.1) is 0 Å². The molecule has 30 heavy (non-hydrogen) atoms. The highest BCUT2D eigenvalue weighted by atomic mass is 19.3. The Morgan fingerprint density at radius 1 is 1.07 bits per heavy atom. The SMILES string of the molecule is CC1CCN(c2ccc(CNCc3c(OC(F)F)ccc4ccccc34)cn2)CC1. The van der Waals surface area contributed by atoms with E-state index in [9.17, 15) is 8.78 Å². The zero-order valence-corrected chi connectivity index (χ0v) is 17.2. The van der Waals surface area contributed by atoms with Crippen molar-refractivity contribution >= 4 is 16.6 Å². The third-order valence-corrected chi connectivity index (χ3v) is 5.76. The largest absolute Gasteiger partial charge is 0.434 e. The third kappa shape index (κ3) is 4.87. The maximum atomic E-state index is 12.8. The molecule has 4 nitrogen and oxygen atoms in total. The lowest BCUT2D eigenvalue weighted by Crippen LogP contribution is -2.33. The van der Waals surface area contributed by atoms with Crippen molar-refractivity contribution in [3.8, 4) is 5.75 Å². The first-order valence-corrected chi connectivity index (χ1v) is 10.5. The number of halogens is 2. The topological polar surface area (TPSA) is 37.4 Å². The van der Waals surface area contributed by atoms with E-state index in [-0.39, 0.29) is 5.75 Å². The molecule has 4 rings (SSSR count). The molecule has 0 amide bonds. The summed E-state index contributed by atoms with van der Waals surface area (Å²) in [5.74, 6) is 2.02. The van der Waals surface area contributed by atoms with Gasteiger partial charge in [0.25, 0.3) is 0 Å². The van der Waals surface area contributed by atoms with E-state index in [1.807, 2.05) is 30.5 Å². The van der Waals surface area contributed by atoms with Crippen molar-refractivity contribution in [2.24, 2.45) is 5.92 Å². The molecule has 3 aromatic rings. The molecule has 1 N–H and O–H groups in total. The number of pyridine rings is 1. The fourth-order valence-corrected chi connectivity index (χ4v) is 3.98. The monoisotopic (exact) mass is 411 g/mol. The van der Waals surface area contributed by atoms with Crippen LogP contribution in [0.5, 0.6) is 5.75 Å². The fourth-order valence-electron chi connectivity index (χ4n) is 3.98. The van der Waals surface area contributed by atoms with E-state index in [1.54, 1.807) is 12.1 Å². The fraction of sp³-hybridized carbons (Fsp3) is 0.375. The molecule has 1 fully saturated rings. The minimum absolute atomic E-state index is 0.212. The highest BCUT2D eigenvalue weighted by molar-refractivity contribution is 5.87. The zero-order valence-electron chi connectivity index (χ0n) is 17.2. The Morgan fingerprint density at radius 3 is 2.60 bits per heavy atom. The van der Waals surface area contributed by atoms with Gasteiger partial charge in [0.15, 0.2) is 0 Å². The first-order chi connectivity index (χ1) is 14.6. The molecule has 2 aromatic carbocycles. The van der Waals surface area contributed by atoms with Crippen molar-refractivity contribution in [3.63, 3.8) is 0 Å². The Labute approximate surface area is 175 Å². The normalized spacial score (nSPS) is 15.1. The van der Waals surface area contributed by atoms with E-state index in [0.717, 1.165) is 46.7 Å². The van der Waals surface area contributed by atoms with E-state index >= 15 is 0 Å². The molecule has 0 atom stereocenters. The van der Waals surface area contributed by atoms with Gasteiger partial charge in [-0.2, -0.15) is 8.78 Å². The minimum Gasteiger partial charge on any atom is -0.434 e. The summed E-state index contributed by atoms with van der Waals surface area (Å²) < 4.78 is 30.4. The standard InChI is InChI=1S/C24H27F2N3O/c1-17-10-12-29(13-11-17)23-9-6-18(15-28-23)14-27-16-21-20-5-3-2-4-19(20)7-8-22(21)30-24(25)26/h2-9,15,17,24,27H,10-14,16H2,1H3. The van der Waals surface area contributed by atoms with Gasteiger partial charge in [0.2, 0.25) is 0 Å². The van der Waals surface area contributed by atoms with Gasteiger partial charge < -0.3 is 15.0 Å². The van der Waals surface area contributed by atoms with Gasteiger partial charge in [-0.05, 0) is 47.2 Å². The molecule has 158 valence electrons. The zero-order chi connectivity index (χ0) is 20.9. The van der Waals surface area contributed by atoms with E-state index in [4.69, 9.17) is 4.74 Å². The van der Waals surface area contributed by atoms with Crippen molar-refractivity contribution in [1.82, 2.24) is 10.3 Å². The number of nitrogens with zero attached hydrogens (tertiary/aromatic N) is 2. The minimum atomic E-state index is -2.85. The second kappa shape index (κ2) is 9.39. The molecule has 0 bridgehead atoms. The molecule has 1 aromatic heterocycles. The molecule has 0 radical (unpaired) electrons. The highest BCUT2D eigenvalue weighted by Gasteiger charge is 2.17. The Balaban J connectivity index is 1.42. The number of rotatable bonds is 7. The molecule has 1 aliphatic rings. The summed E-state index contributed by atoms with van der Waals surface area (Å²) in [6.45, 7) is 2.59. The van der Waals surface area contributed by atoms with Gasteiger partial charge in [-0.25, -0.2) is 4.98 Å². The van der Waals surface area contributed by atoms with Gasteiger partial charge >= 0.3 is 6.61 Å². The summed E-state index contributed by atoms with van der Waals surface area (Å²) in [4.78, 5) is 6.96. The number of hydrogen-bond acceptors (Lipinski definition) is 4. The molecule has 2 heterocycles. The summed E-state index contributed by atoms with van der Waals surface area (Å²) in [5, 5.41) is 5.26. The van der Waals surface area contributed by atoms with Crippen molar-refractivity contribution in [2.75, 3.05) is 18.0 Å². The molecule has 0 unspecified atom stereocenters. The number of nitrogens with one attached hydrogen (secondary N) is 1. The average molecular weight is 411 g/mol. The summed E-state index contributed by atoms with van der Waals surface area (Å²) in [5.41, 5.74) is 1.79. The molecular formula is C24H27F2N3O. The van der Waals surface area contributed by atoms with Crippen LogP contribution in [0.25, 0.3) is 10.8 Å². The van der Waals surface area contributed by atoms with Gasteiger partial charge in [0.1, 0.15) is 11.6 Å². The van der Waals surface area contributed by atoms with Crippen molar-refractivity contribution in [2.45, 2.75) is 39.5 Å². The summed E-state index contributed by atoms with van der Waals surface area (Å²) in [6.07, 6.45) is 4.30. The molecule has 0 spiro atoms. The van der Waals surface area contributed by atoms with Crippen LogP contribution in [0.2, 0.25) is 0 Å². The van der Waals surface area contributed by atoms with Crippen molar-refractivity contribution in [3.05, 3.63) is 65.9 Å². The number of piperidine rings is 1. The Bertz CT molecular complexity index is 970. The van der Waals surface area contributed by atoms with E-state index in [2.05, 4.69) is 34.3 Å². The molecule has 1 saturated heterocycles. The lowest BCUT2D eigenvalue weighted by atomic mass is 9.99. The first kappa shape index (κ1) is 20.5. The second-order valence-electron chi connectivity index (χ2n) is 7.94. The van der Waals surface area contributed by atoms with Crippen LogP contribution in [0, 0.1) is 5.92 Å². The molecular weight excluding hydrogens is 384 g/mol. The van der Waals surface area contributed by atoms with Gasteiger partial charge in [0.05, 0.1) is 0 Å². The number of aromatic nitrogens is 1. The summed E-state index contributed by atoms with van der Waals surface area (Å²) in [6, 6.07) is 15.3. The summed E-state index contributed by atoms with van der Waals surface area (Å²) >= 11 is 0. The first-order valence-electron chi connectivity index (χ1n) is 10.5. The number of benzene rings is 2. The maximum absolute atomic E-state index is 12.8. The Kier molecular flexibility index (Phi) is 6.43. The van der Waals surface area contributed by atoms with Crippen LogP contribution < -0.4 is 15.0 Å². The average Bonchev–Trinajstić information content (AvgIpc) is 2.76. The lowest BCUT2D eigenvalue weighted by Gasteiger charge is -2.31. The Morgan fingerprint density at radius 2 is 1.87 bits per heavy atom. The molecule has 0 saturated carbocycles. The molecule has 6 heteroatoms. The van der Waals surface area contributed by atoms with E-state index < -0.39 is 6.61 Å². The van der Waals surface area contributed by atoms with Crippen LogP contribution in [-0.4, -0.2) is 24.7 Å². The predicted octanol–water partition coefficient (Wildman–Crippen LogP) is 5.36.